The number of rotatable bonds is 5. The highest BCUT2D eigenvalue weighted by atomic mass is 32.1. The van der Waals surface area contributed by atoms with E-state index < -0.39 is 12.0 Å². The Hall–Kier alpha value is -1.33. The van der Waals surface area contributed by atoms with Crippen LogP contribution in [-0.4, -0.2) is 30.2 Å². The minimum atomic E-state index is -0.785. The maximum atomic E-state index is 11.5. The lowest BCUT2D eigenvalue weighted by Gasteiger charge is -2.08. The molecule has 0 aliphatic carbocycles. The second kappa shape index (κ2) is 6.30. The van der Waals surface area contributed by atoms with Crippen molar-refractivity contribution in [2.24, 2.45) is 5.73 Å². The van der Waals surface area contributed by atoms with E-state index in [9.17, 15) is 9.59 Å². The Labute approximate surface area is 99.2 Å². The van der Waals surface area contributed by atoms with Gasteiger partial charge in [0, 0.05) is 11.3 Å². The SMILES string of the molecule is N[C@@H](CS)C(=O)OCC(=O)c1ccccc1. The third kappa shape index (κ3) is 3.67. The molecule has 0 fully saturated rings. The van der Waals surface area contributed by atoms with Gasteiger partial charge in [-0.15, -0.1) is 0 Å². The molecule has 86 valence electrons. The van der Waals surface area contributed by atoms with Crippen LogP contribution in [0, 0.1) is 0 Å². The third-order valence-electron chi connectivity index (χ3n) is 1.94. The topological polar surface area (TPSA) is 69.4 Å². The number of carbonyl (C=O) groups is 2. The molecular formula is C11H13NO3S. The lowest BCUT2D eigenvalue weighted by molar-refractivity contribution is -0.143. The molecule has 0 aromatic heterocycles. The van der Waals surface area contributed by atoms with Crippen molar-refractivity contribution in [3.05, 3.63) is 35.9 Å². The molecule has 0 unspecified atom stereocenters. The number of carbonyl (C=O) groups excluding carboxylic acids is 2. The van der Waals surface area contributed by atoms with Crippen LogP contribution >= 0.6 is 12.6 Å². The quantitative estimate of drug-likeness (QED) is 0.450. The molecule has 5 heteroatoms. The molecule has 1 aromatic carbocycles. The molecule has 0 aliphatic rings. The second-order valence-corrected chi connectivity index (χ2v) is 3.55. The van der Waals surface area contributed by atoms with Crippen LogP contribution in [0.15, 0.2) is 30.3 Å². The maximum absolute atomic E-state index is 11.5. The standard InChI is InChI=1S/C11H13NO3S/c12-9(7-16)11(14)15-6-10(13)8-4-2-1-3-5-8/h1-5,9,16H,6-7,12H2/t9-/m0/s1. The zero-order valence-electron chi connectivity index (χ0n) is 8.63. The predicted octanol–water partition coefficient (Wildman–Crippen LogP) is 0.670. The zero-order chi connectivity index (χ0) is 12.0. The van der Waals surface area contributed by atoms with Crippen LogP contribution in [0.4, 0.5) is 0 Å². The summed E-state index contributed by atoms with van der Waals surface area (Å²) in [5, 5.41) is 0. The van der Waals surface area contributed by atoms with Gasteiger partial charge < -0.3 is 10.5 Å². The number of Topliss-reactive ketones (excluding diaryl/α,β-unsaturated/α-hetero) is 1. The summed E-state index contributed by atoms with van der Waals surface area (Å²) in [5.74, 6) is -0.669. The lowest BCUT2D eigenvalue weighted by Crippen LogP contribution is -2.35. The van der Waals surface area contributed by atoms with Crippen LogP contribution in [0.1, 0.15) is 10.4 Å². The Balaban J connectivity index is 2.45. The number of hydrogen-bond acceptors (Lipinski definition) is 5. The van der Waals surface area contributed by atoms with E-state index in [-0.39, 0.29) is 18.1 Å². The zero-order valence-corrected chi connectivity index (χ0v) is 9.52. The first-order chi connectivity index (χ1) is 7.65. The Kier molecular flexibility index (Phi) is 5.01. The summed E-state index contributed by atoms with van der Waals surface area (Å²) >= 11 is 3.86. The van der Waals surface area contributed by atoms with Crippen molar-refractivity contribution in [1.29, 1.82) is 0 Å². The van der Waals surface area contributed by atoms with Crippen molar-refractivity contribution in [3.8, 4) is 0 Å². The summed E-state index contributed by atoms with van der Waals surface area (Å²) in [4.78, 5) is 22.7. The van der Waals surface area contributed by atoms with E-state index in [1.165, 1.54) is 0 Å². The monoisotopic (exact) mass is 239 g/mol. The second-order valence-electron chi connectivity index (χ2n) is 3.19. The molecule has 0 amide bonds. The number of thiol groups is 1. The number of hydrogen-bond donors (Lipinski definition) is 2. The maximum Gasteiger partial charge on any atom is 0.324 e. The molecule has 0 saturated heterocycles. The summed E-state index contributed by atoms with van der Waals surface area (Å²) in [6.07, 6.45) is 0. The molecule has 16 heavy (non-hydrogen) atoms. The van der Waals surface area contributed by atoms with E-state index in [2.05, 4.69) is 12.6 Å². The van der Waals surface area contributed by atoms with Gasteiger partial charge >= 0.3 is 5.97 Å². The molecule has 0 radical (unpaired) electrons. The van der Waals surface area contributed by atoms with Gasteiger partial charge in [-0.3, -0.25) is 9.59 Å². The van der Waals surface area contributed by atoms with Crippen molar-refractivity contribution < 1.29 is 14.3 Å². The summed E-state index contributed by atoms with van der Waals surface area (Å²) in [7, 11) is 0. The highest BCUT2D eigenvalue weighted by Gasteiger charge is 2.15. The van der Waals surface area contributed by atoms with Crippen molar-refractivity contribution >= 4 is 24.4 Å². The van der Waals surface area contributed by atoms with Gasteiger partial charge in [-0.05, 0) is 0 Å². The summed E-state index contributed by atoms with van der Waals surface area (Å²) in [6.45, 7) is -0.287. The van der Waals surface area contributed by atoms with Gasteiger partial charge in [0.2, 0.25) is 0 Å². The van der Waals surface area contributed by atoms with Gasteiger partial charge in [0.25, 0.3) is 0 Å². The molecule has 1 aromatic rings. The van der Waals surface area contributed by atoms with Crippen LogP contribution in [-0.2, 0) is 9.53 Å². The van der Waals surface area contributed by atoms with Crippen molar-refractivity contribution in [1.82, 2.24) is 0 Å². The van der Waals surface area contributed by atoms with Crippen molar-refractivity contribution in [2.75, 3.05) is 12.4 Å². The normalized spacial score (nSPS) is 11.9. The van der Waals surface area contributed by atoms with Gasteiger partial charge in [-0.1, -0.05) is 30.3 Å². The molecule has 1 rings (SSSR count). The van der Waals surface area contributed by atoms with E-state index >= 15 is 0 Å². The molecule has 0 aliphatic heterocycles. The highest BCUT2D eigenvalue weighted by Crippen LogP contribution is 2.00. The smallest absolute Gasteiger partial charge is 0.324 e. The summed E-state index contributed by atoms with van der Waals surface area (Å²) in [5.41, 5.74) is 5.89. The van der Waals surface area contributed by atoms with Crippen LogP contribution in [0.2, 0.25) is 0 Å². The lowest BCUT2D eigenvalue weighted by atomic mass is 10.1. The number of esters is 1. The Morgan fingerprint density at radius 1 is 1.31 bits per heavy atom. The van der Waals surface area contributed by atoms with Crippen LogP contribution in [0.25, 0.3) is 0 Å². The highest BCUT2D eigenvalue weighted by molar-refractivity contribution is 7.80. The van der Waals surface area contributed by atoms with Gasteiger partial charge in [0.15, 0.2) is 12.4 Å². The summed E-state index contributed by atoms with van der Waals surface area (Å²) in [6, 6.07) is 7.83. The molecule has 0 spiro atoms. The van der Waals surface area contributed by atoms with Crippen LogP contribution < -0.4 is 5.73 Å². The van der Waals surface area contributed by atoms with E-state index in [4.69, 9.17) is 10.5 Å². The number of nitrogens with two attached hydrogens (primary N) is 1. The largest absolute Gasteiger partial charge is 0.456 e. The van der Waals surface area contributed by atoms with Crippen LogP contribution in [0.3, 0.4) is 0 Å². The Morgan fingerprint density at radius 3 is 2.50 bits per heavy atom. The minimum Gasteiger partial charge on any atom is -0.456 e. The first-order valence-electron chi connectivity index (χ1n) is 4.76. The van der Waals surface area contributed by atoms with Crippen molar-refractivity contribution in [3.63, 3.8) is 0 Å². The Bertz CT molecular complexity index is 367. The third-order valence-corrected chi connectivity index (χ3v) is 2.33. The molecule has 0 heterocycles. The number of ketones is 1. The van der Waals surface area contributed by atoms with E-state index in [1.807, 2.05) is 0 Å². The fraction of sp³-hybridized carbons (Fsp3) is 0.273. The summed E-state index contributed by atoms with van der Waals surface area (Å²) < 4.78 is 4.75. The number of ether oxygens (including phenoxy) is 1. The van der Waals surface area contributed by atoms with Gasteiger partial charge in [-0.2, -0.15) is 12.6 Å². The van der Waals surface area contributed by atoms with Gasteiger partial charge in [-0.25, -0.2) is 0 Å². The van der Waals surface area contributed by atoms with E-state index in [0.717, 1.165) is 0 Å². The molecule has 0 saturated carbocycles. The van der Waals surface area contributed by atoms with Crippen LogP contribution in [0.5, 0.6) is 0 Å². The fourth-order valence-corrected chi connectivity index (χ4v) is 1.17. The van der Waals surface area contributed by atoms with E-state index in [0.29, 0.717) is 5.56 Å². The minimum absolute atomic E-state index is 0.193. The van der Waals surface area contributed by atoms with Crippen molar-refractivity contribution in [2.45, 2.75) is 6.04 Å². The average Bonchev–Trinajstić information content (AvgIpc) is 2.35. The first-order valence-corrected chi connectivity index (χ1v) is 5.39. The van der Waals surface area contributed by atoms with Gasteiger partial charge in [0.05, 0.1) is 0 Å². The molecule has 2 N–H and O–H groups in total. The molecular weight excluding hydrogens is 226 g/mol. The molecule has 4 nitrogen and oxygen atoms in total. The molecule has 0 bridgehead atoms. The van der Waals surface area contributed by atoms with E-state index in [1.54, 1.807) is 30.3 Å². The molecule has 1 atom stereocenters. The predicted molar refractivity (Wildman–Crippen MR) is 63.6 cm³/mol. The van der Waals surface area contributed by atoms with Gasteiger partial charge in [0.1, 0.15) is 6.04 Å². The number of benzene rings is 1. The Morgan fingerprint density at radius 2 is 1.94 bits per heavy atom. The average molecular weight is 239 g/mol. The first kappa shape index (κ1) is 12.7. The fourth-order valence-electron chi connectivity index (χ4n) is 1.03.